The number of aliphatic hydroxyl groups is 3. The second-order valence-corrected chi connectivity index (χ2v) is 10.2. The number of carboxylic acids is 1. The maximum Gasteiger partial charge on any atom is 0.412 e. The molecular weight excluding hydrogens is 566 g/mol. The van der Waals surface area contributed by atoms with Crippen molar-refractivity contribution in [2.75, 3.05) is 25.0 Å². The van der Waals surface area contributed by atoms with E-state index in [1.165, 1.54) is 23.1 Å². The lowest BCUT2D eigenvalue weighted by Gasteiger charge is -2.38. The standard InChI is InChI=1S/C29H37N3O11/c30-12-10-21(33)31-19-15-18(8-9-20(19)42-28-25(36)23(34)24(35)26(43-28)27(37)38)16-41-29(39)32-13-4-7-22(32)40-14-11-17-5-2-1-3-6-17/h1-3,5-6,8-9,15,22-26,28,34-36H,4,7,10-14,16,30H2,(H,31,33)(H,37,38)/t22?,23-,24-,25+,26-,28+/m0/s1. The van der Waals surface area contributed by atoms with Gasteiger partial charge in [-0.3, -0.25) is 9.69 Å². The first kappa shape index (κ1) is 32.1. The van der Waals surface area contributed by atoms with E-state index < -0.39 is 54.9 Å². The summed E-state index contributed by atoms with van der Waals surface area (Å²) in [7, 11) is 0. The molecule has 0 radical (unpaired) electrons. The number of rotatable bonds is 12. The van der Waals surface area contributed by atoms with Gasteiger partial charge in [-0.15, -0.1) is 0 Å². The number of nitrogens with zero attached hydrogens (tertiary/aromatic N) is 1. The van der Waals surface area contributed by atoms with Crippen LogP contribution in [0.3, 0.4) is 0 Å². The van der Waals surface area contributed by atoms with E-state index in [1.54, 1.807) is 0 Å². The van der Waals surface area contributed by atoms with Crippen LogP contribution in [0.5, 0.6) is 5.75 Å². The highest BCUT2D eigenvalue weighted by molar-refractivity contribution is 5.92. The fourth-order valence-corrected chi connectivity index (χ4v) is 4.79. The summed E-state index contributed by atoms with van der Waals surface area (Å²) >= 11 is 0. The number of carboxylic acid groups (broad SMARTS) is 1. The van der Waals surface area contributed by atoms with Gasteiger partial charge in [0.2, 0.25) is 12.2 Å². The minimum atomic E-state index is -1.89. The molecule has 14 nitrogen and oxygen atoms in total. The van der Waals surface area contributed by atoms with E-state index >= 15 is 0 Å². The van der Waals surface area contributed by atoms with Crippen LogP contribution >= 0.6 is 0 Å². The number of carbonyl (C=O) groups is 3. The third-order valence-electron chi connectivity index (χ3n) is 7.08. The molecule has 2 amide bonds. The summed E-state index contributed by atoms with van der Waals surface area (Å²) in [4.78, 5) is 38.2. The highest BCUT2D eigenvalue weighted by Gasteiger charge is 2.48. The van der Waals surface area contributed by atoms with Crippen LogP contribution in [0.25, 0.3) is 0 Å². The maximum absolute atomic E-state index is 12.9. The zero-order valence-corrected chi connectivity index (χ0v) is 23.4. The summed E-state index contributed by atoms with van der Waals surface area (Å²) in [6.07, 6.45) is -7.91. The second-order valence-electron chi connectivity index (χ2n) is 10.2. The predicted octanol–water partition coefficient (Wildman–Crippen LogP) is 0.563. The maximum atomic E-state index is 12.9. The summed E-state index contributed by atoms with van der Waals surface area (Å²) in [5.41, 5.74) is 7.19. The van der Waals surface area contributed by atoms with Crippen molar-refractivity contribution < 1.29 is 53.8 Å². The SMILES string of the molecule is NCCC(=O)Nc1cc(COC(=O)N2CCCC2OCCc2ccccc2)ccc1O[C@@H]1O[C@H](C(=O)O)[C@@H](O)[C@H](O)[C@H]1O. The van der Waals surface area contributed by atoms with Crippen LogP contribution in [-0.2, 0) is 36.8 Å². The topological polar surface area (TPSA) is 210 Å². The first-order valence-electron chi connectivity index (χ1n) is 14.0. The molecule has 2 saturated heterocycles. The summed E-state index contributed by atoms with van der Waals surface area (Å²) in [5, 5.41) is 42.3. The zero-order valence-electron chi connectivity index (χ0n) is 23.4. The Labute approximate surface area is 247 Å². The lowest BCUT2D eigenvalue weighted by Crippen LogP contribution is -2.61. The minimum absolute atomic E-state index is 0.0200. The fraction of sp³-hybridized carbons (Fsp3) is 0.483. The Kier molecular flexibility index (Phi) is 11.3. The van der Waals surface area contributed by atoms with Crippen LogP contribution in [-0.4, -0.2) is 99.9 Å². The van der Waals surface area contributed by atoms with E-state index in [9.17, 15) is 34.8 Å². The second kappa shape index (κ2) is 15.1. The van der Waals surface area contributed by atoms with Crippen molar-refractivity contribution in [3.63, 3.8) is 0 Å². The number of hydrogen-bond donors (Lipinski definition) is 6. The lowest BCUT2D eigenvalue weighted by molar-refractivity contribution is -0.271. The summed E-state index contributed by atoms with van der Waals surface area (Å²) in [5.74, 6) is -2.07. The number of amides is 2. The summed E-state index contributed by atoms with van der Waals surface area (Å²) in [6, 6.07) is 14.3. The zero-order chi connectivity index (χ0) is 30.9. The third kappa shape index (κ3) is 8.40. The van der Waals surface area contributed by atoms with Crippen molar-refractivity contribution in [3.05, 3.63) is 59.7 Å². The average molecular weight is 604 g/mol. The Hall–Kier alpha value is -3.79. The number of aliphatic hydroxyl groups excluding tert-OH is 3. The van der Waals surface area contributed by atoms with Gasteiger partial charge in [-0.05, 0) is 42.5 Å². The van der Waals surface area contributed by atoms with E-state index in [0.29, 0.717) is 31.6 Å². The van der Waals surface area contributed by atoms with Gasteiger partial charge >= 0.3 is 12.1 Å². The molecule has 14 heteroatoms. The molecule has 2 aliphatic rings. The first-order chi connectivity index (χ1) is 20.7. The number of carbonyl (C=O) groups excluding carboxylic acids is 2. The Morgan fingerprint density at radius 3 is 2.51 bits per heavy atom. The molecule has 0 saturated carbocycles. The van der Waals surface area contributed by atoms with E-state index in [-0.39, 0.29) is 31.0 Å². The molecule has 234 valence electrons. The monoisotopic (exact) mass is 603 g/mol. The van der Waals surface area contributed by atoms with Crippen molar-refractivity contribution in [1.29, 1.82) is 0 Å². The Bertz CT molecular complexity index is 1250. The van der Waals surface area contributed by atoms with Gasteiger partial charge in [-0.2, -0.15) is 0 Å². The van der Waals surface area contributed by atoms with Gasteiger partial charge in [0.15, 0.2) is 6.10 Å². The Balaban J connectivity index is 1.40. The van der Waals surface area contributed by atoms with Crippen LogP contribution < -0.4 is 15.8 Å². The molecule has 0 aromatic heterocycles. The molecule has 2 aromatic rings. The molecule has 7 N–H and O–H groups in total. The van der Waals surface area contributed by atoms with Crippen LogP contribution in [0.4, 0.5) is 10.5 Å². The summed E-state index contributed by atoms with van der Waals surface area (Å²) in [6.45, 7) is 0.858. The average Bonchev–Trinajstić information content (AvgIpc) is 3.46. The van der Waals surface area contributed by atoms with Gasteiger partial charge in [0.05, 0.1) is 12.3 Å². The van der Waals surface area contributed by atoms with E-state index in [0.717, 1.165) is 12.0 Å². The fourth-order valence-electron chi connectivity index (χ4n) is 4.79. The molecule has 4 rings (SSSR count). The predicted molar refractivity (Wildman–Crippen MR) is 150 cm³/mol. The molecule has 2 aliphatic heterocycles. The number of nitrogens with one attached hydrogen (secondary N) is 1. The Morgan fingerprint density at radius 1 is 1.02 bits per heavy atom. The lowest BCUT2D eigenvalue weighted by atomic mass is 9.99. The molecule has 2 fully saturated rings. The van der Waals surface area contributed by atoms with E-state index in [4.69, 9.17) is 24.7 Å². The van der Waals surface area contributed by atoms with Gasteiger partial charge in [-0.1, -0.05) is 36.4 Å². The molecule has 0 spiro atoms. The number of anilines is 1. The number of likely N-dealkylation sites (tertiary alicyclic amines) is 1. The molecule has 2 heterocycles. The molecule has 1 unspecified atom stereocenters. The normalized spacial score (nSPS) is 25.3. The van der Waals surface area contributed by atoms with Gasteiger partial charge in [0.1, 0.15) is 36.9 Å². The van der Waals surface area contributed by atoms with E-state index in [1.807, 2.05) is 30.3 Å². The van der Waals surface area contributed by atoms with Crippen molar-refractivity contribution in [2.45, 2.75) is 69.2 Å². The van der Waals surface area contributed by atoms with Crippen molar-refractivity contribution in [1.82, 2.24) is 4.90 Å². The molecule has 0 aliphatic carbocycles. The van der Waals surface area contributed by atoms with Crippen molar-refractivity contribution in [2.24, 2.45) is 5.73 Å². The van der Waals surface area contributed by atoms with Crippen LogP contribution in [0, 0.1) is 0 Å². The largest absolute Gasteiger partial charge is 0.479 e. The highest BCUT2D eigenvalue weighted by Crippen LogP contribution is 2.31. The highest BCUT2D eigenvalue weighted by atomic mass is 16.7. The van der Waals surface area contributed by atoms with Gasteiger partial charge in [0, 0.05) is 19.5 Å². The summed E-state index contributed by atoms with van der Waals surface area (Å²) < 4.78 is 22.3. The van der Waals surface area contributed by atoms with Crippen LogP contribution in [0.15, 0.2) is 48.5 Å². The Morgan fingerprint density at radius 2 is 1.79 bits per heavy atom. The number of benzene rings is 2. The first-order valence-corrected chi connectivity index (χ1v) is 14.0. The van der Waals surface area contributed by atoms with Gasteiger partial charge < -0.3 is 50.4 Å². The molecule has 43 heavy (non-hydrogen) atoms. The smallest absolute Gasteiger partial charge is 0.412 e. The molecule has 6 atom stereocenters. The number of nitrogens with two attached hydrogens (primary N) is 1. The van der Waals surface area contributed by atoms with Gasteiger partial charge in [0.25, 0.3) is 0 Å². The van der Waals surface area contributed by atoms with Crippen LogP contribution in [0.2, 0.25) is 0 Å². The molecular formula is C29H37N3O11. The van der Waals surface area contributed by atoms with Crippen molar-refractivity contribution in [3.8, 4) is 5.75 Å². The molecule has 2 aromatic carbocycles. The quantitative estimate of drug-likeness (QED) is 0.197. The van der Waals surface area contributed by atoms with Crippen LogP contribution in [0.1, 0.15) is 30.4 Å². The third-order valence-corrected chi connectivity index (χ3v) is 7.08. The van der Waals surface area contributed by atoms with Gasteiger partial charge in [-0.25, -0.2) is 9.59 Å². The number of ether oxygens (including phenoxy) is 4. The minimum Gasteiger partial charge on any atom is -0.479 e. The molecule has 0 bridgehead atoms. The number of aliphatic carboxylic acids is 1. The van der Waals surface area contributed by atoms with E-state index in [2.05, 4.69) is 5.32 Å². The number of hydrogen-bond acceptors (Lipinski definition) is 11. The van der Waals surface area contributed by atoms with Crippen molar-refractivity contribution >= 4 is 23.7 Å².